The molecule has 0 saturated carbocycles. The van der Waals surface area contributed by atoms with Gasteiger partial charge in [0.25, 0.3) is 0 Å². The van der Waals surface area contributed by atoms with E-state index in [1.165, 1.54) is 12.1 Å². The van der Waals surface area contributed by atoms with Crippen LogP contribution in [0.5, 0.6) is 0 Å². The van der Waals surface area contributed by atoms with Crippen LogP contribution in [0.4, 0.5) is 4.39 Å². The zero-order valence-corrected chi connectivity index (χ0v) is 6.45. The third kappa shape index (κ3) is 1.58. The molecule has 1 aromatic heterocycles. The highest BCUT2D eigenvalue weighted by Gasteiger charge is 2.00. The Hall–Kier alpha value is -0.340. The molecule has 0 amide bonds. The van der Waals surface area contributed by atoms with Crippen LogP contribution in [0.1, 0.15) is 5.69 Å². The molecule has 1 rings (SSSR count). The molecule has 0 saturated heterocycles. The molecule has 0 aliphatic rings. The van der Waals surface area contributed by atoms with Crippen LogP contribution in [-0.2, 0) is 5.88 Å². The summed E-state index contributed by atoms with van der Waals surface area (Å²) in [4.78, 5) is 3.65. The number of rotatable bonds is 1. The predicted octanol–water partition coefficient (Wildman–Crippen LogP) is 2.61. The van der Waals surface area contributed by atoms with Gasteiger partial charge < -0.3 is 0 Å². The van der Waals surface area contributed by atoms with Gasteiger partial charge in [-0.15, -0.1) is 11.6 Å². The zero-order valence-electron chi connectivity index (χ0n) is 4.94. The number of alkyl halides is 1. The van der Waals surface area contributed by atoms with E-state index >= 15 is 0 Å². The van der Waals surface area contributed by atoms with Gasteiger partial charge in [-0.05, 0) is 12.1 Å². The van der Waals surface area contributed by atoms with Gasteiger partial charge in [-0.25, -0.2) is 9.37 Å². The summed E-state index contributed by atoms with van der Waals surface area (Å²) in [5.74, 6) is -0.268. The molecule has 0 unspecified atom stereocenters. The van der Waals surface area contributed by atoms with Crippen LogP contribution in [0.25, 0.3) is 0 Å². The maximum Gasteiger partial charge on any atom is 0.165 e. The van der Waals surface area contributed by atoms with Gasteiger partial charge in [0.05, 0.1) is 11.6 Å². The fourth-order valence-electron chi connectivity index (χ4n) is 0.529. The summed E-state index contributed by atoms with van der Waals surface area (Å²) in [6.45, 7) is 0. The number of hydrogen-bond donors (Lipinski definition) is 0. The van der Waals surface area contributed by atoms with Crippen molar-refractivity contribution in [2.24, 2.45) is 0 Å². The van der Waals surface area contributed by atoms with Gasteiger partial charge in [0.1, 0.15) is 0 Å². The summed E-state index contributed by atoms with van der Waals surface area (Å²) in [5, 5.41) is -0.127. The molecule has 0 aliphatic heterocycles. The Labute approximate surface area is 67.8 Å². The molecule has 4 heteroatoms. The Balaban J connectivity index is 3.04. The first-order valence-corrected chi connectivity index (χ1v) is 3.52. The Morgan fingerprint density at radius 3 is 2.70 bits per heavy atom. The fourth-order valence-corrected chi connectivity index (χ4v) is 0.850. The molecule has 0 aromatic carbocycles. The summed E-state index contributed by atoms with van der Waals surface area (Å²) in [5.41, 5.74) is 0.577. The minimum atomic E-state index is -0.518. The number of pyridine rings is 1. The van der Waals surface area contributed by atoms with Gasteiger partial charge in [0.2, 0.25) is 0 Å². The summed E-state index contributed by atoms with van der Waals surface area (Å²) >= 11 is 10.8. The molecule has 0 bridgehead atoms. The van der Waals surface area contributed by atoms with Crippen LogP contribution in [0.3, 0.4) is 0 Å². The van der Waals surface area contributed by atoms with Crippen molar-refractivity contribution in [1.82, 2.24) is 4.98 Å². The summed E-state index contributed by atoms with van der Waals surface area (Å²) in [6.07, 6.45) is 0. The first kappa shape index (κ1) is 7.76. The van der Waals surface area contributed by atoms with Crippen molar-refractivity contribution in [1.29, 1.82) is 0 Å². The number of halogens is 3. The molecule has 0 N–H and O–H groups in total. The Kier molecular flexibility index (Phi) is 2.46. The maximum absolute atomic E-state index is 12.4. The quantitative estimate of drug-likeness (QED) is 0.478. The van der Waals surface area contributed by atoms with Crippen LogP contribution < -0.4 is 0 Å². The Bertz CT molecular complexity index is 239. The van der Waals surface area contributed by atoms with E-state index in [4.69, 9.17) is 23.2 Å². The summed E-state index contributed by atoms with van der Waals surface area (Å²) < 4.78 is 12.4. The lowest BCUT2D eigenvalue weighted by Crippen LogP contribution is -1.87. The van der Waals surface area contributed by atoms with Crippen molar-refractivity contribution in [2.75, 3.05) is 0 Å². The van der Waals surface area contributed by atoms with Gasteiger partial charge in [-0.1, -0.05) is 11.6 Å². The number of hydrogen-bond acceptors (Lipinski definition) is 1. The van der Waals surface area contributed by atoms with Gasteiger partial charge in [-0.2, -0.15) is 0 Å². The molecule has 1 heterocycles. The fraction of sp³-hybridized carbons (Fsp3) is 0.167. The molecule has 1 aromatic rings. The first-order valence-electron chi connectivity index (χ1n) is 2.61. The Morgan fingerprint density at radius 1 is 1.50 bits per heavy atom. The van der Waals surface area contributed by atoms with Crippen LogP contribution in [-0.4, -0.2) is 4.98 Å². The maximum atomic E-state index is 12.4. The average Bonchev–Trinajstić information content (AvgIpc) is 1.95. The molecular formula is C6H4Cl2FN. The molecule has 0 atom stereocenters. The van der Waals surface area contributed by atoms with Crippen molar-refractivity contribution in [3.05, 3.63) is 28.8 Å². The van der Waals surface area contributed by atoms with Crippen molar-refractivity contribution >= 4 is 23.2 Å². The van der Waals surface area contributed by atoms with Crippen molar-refractivity contribution < 1.29 is 4.39 Å². The van der Waals surface area contributed by atoms with E-state index in [1.807, 2.05) is 0 Å². The normalized spacial score (nSPS) is 9.90. The largest absolute Gasteiger partial charge is 0.237 e. The van der Waals surface area contributed by atoms with Crippen LogP contribution >= 0.6 is 23.2 Å². The summed E-state index contributed by atoms with van der Waals surface area (Å²) in [7, 11) is 0. The highest BCUT2D eigenvalue weighted by atomic mass is 35.5. The SMILES string of the molecule is Fc1ccc(CCl)nc1Cl. The van der Waals surface area contributed by atoms with E-state index in [2.05, 4.69) is 4.98 Å². The van der Waals surface area contributed by atoms with Crippen LogP contribution in [0.2, 0.25) is 5.15 Å². The third-order valence-corrected chi connectivity index (χ3v) is 1.54. The van der Waals surface area contributed by atoms with Crippen molar-refractivity contribution in [3.63, 3.8) is 0 Å². The highest BCUT2D eigenvalue weighted by molar-refractivity contribution is 6.29. The van der Waals surface area contributed by atoms with Crippen LogP contribution in [0, 0.1) is 5.82 Å². The van der Waals surface area contributed by atoms with E-state index in [0.29, 0.717) is 5.69 Å². The molecule has 0 radical (unpaired) electrons. The second-order valence-corrected chi connectivity index (χ2v) is 2.33. The minimum Gasteiger partial charge on any atom is -0.237 e. The molecule has 0 fully saturated rings. The van der Waals surface area contributed by atoms with E-state index in [1.54, 1.807) is 0 Å². The smallest absolute Gasteiger partial charge is 0.165 e. The molecule has 1 nitrogen and oxygen atoms in total. The van der Waals surface area contributed by atoms with Crippen molar-refractivity contribution in [3.8, 4) is 0 Å². The highest BCUT2D eigenvalue weighted by Crippen LogP contribution is 2.12. The molecule has 54 valence electrons. The third-order valence-electron chi connectivity index (χ3n) is 0.998. The lowest BCUT2D eigenvalue weighted by atomic mass is 10.4. The van der Waals surface area contributed by atoms with Gasteiger partial charge in [0, 0.05) is 0 Å². The first-order chi connectivity index (χ1) is 4.74. The second kappa shape index (κ2) is 3.17. The standard InChI is InChI=1S/C6H4Cl2FN/c7-3-4-1-2-5(9)6(8)10-4/h1-2H,3H2. The molecule has 10 heavy (non-hydrogen) atoms. The lowest BCUT2D eigenvalue weighted by molar-refractivity contribution is 0.620. The topological polar surface area (TPSA) is 12.9 Å². The average molecular weight is 180 g/mol. The van der Waals surface area contributed by atoms with Gasteiger partial charge in [0.15, 0.2) is 11.0 Å². The van der Waals surface area contributed by atoms with Gasteiger partial charge >= 0.3 is 0 Å². The number of nitrogens with zero attached hydrogens (tertiary/aromatic N) is 1. The van der Waals surface area contributed by atoms with Crippen molar-refractivity contribution in [2.45, 2.75) is 5.88 Å². The monoisotopic (exact) mass is 179 g/mol. The molecular weight excluding hydrogens is 176 g/mol. The molecule has 0 aliphatic carbocycles. The van der Waals surface area contributed by atoms with E-state index in [9.17, 15) is 4.39 Å². The van der Waals surface area contributed by atoms with Gasteiger partial charge in [-0.3, -0.25) is 0 Å². The zero-order chi connectivity index (χ0) is 7.56. The van der Waals surface area contributed by atoms with E-state index in [-0.39, 0.29) is 11.0 Å². The second-order valence-electron chi connectivity index (χ2n) is 1.71. The van der Waals surface area contributed by atoms with E-state index < -0.39 is 5.82 Å². The predicted molar refractivity (Wildman–Crippen MR) is 38.8 cm³/mol. The Morgan fingerprint density at radius 2 is 2.20 bits per heavy atom. The summed E-state index contributed by atoms with van der Waals surface area (Å²) in [6, 6.07) is 2.74. The van der Waals surface area contributed by atoms with Crippen LogP contribution in [0.15, 0.2) is 12.1 Å². The van der Waals surface area contributed by atoms with E-state index in [0.717, 1.165) is 0 Å². The lowest BCUT2D eigenvalue weighted by Gasteiger charge is -1.94. The molecule has 0 spiro atoms. The number of aromatic nitrogens is 1. The minimum absolute atomic E-state index is 0.127.